The van der Waals surface area contributed by atoms with Crippen molar-refractivity contribution in [1.82, 2.24) is 10.2 Å². The van der Waals surface area contributed by atoms with Crippen LogP contribution in [0.5, 0.6) is 5.75 Å². The van der Waals surface area contributed by atoms with Crippen LogP contribution in [-0.2, 0) is 10.2 Å². The van der Waals surface area contributed by atoms with Gasteiger partial charge in [0.2, 0.25) is 0 Å². The highest BCUT2D eigenvalue weighted by atomic mass is 16.5. The van der Waals surface area contributed by atoms with E-state index in [1.807, 2.05) is 19.1 Å². The van der Waals surface area contributed by atoms with Gasteiger partial charge in [0.15, 0.2) is 6.10 Å². The highest BCUT2D eigenvalue weighted by molar-refractivity contribution is 5.81. The molecule has 1 aromatic rings. The third kappa shape index (κ3) is 5.23. The first-order valence-electron chi connectivity index (χ1n) is 9.09. The zero-order valence-corrected chi connectivity index (χ0v) is 15.8. The van der Waals surface area contributed by atoms with Crippen LogP contribution in [0.3, 0.4) is 0 Å². The summed E-state index contributed by atoms with van der Waals surface area (Å²) in [4.78, 5) is 14.8. The smallest absolute Gasteiger partial charge is 0.260 e. The predicted octanol–water partition coefficient (Wildman–Crippen LogP) is 3.35. The molecule has 1 amide bonds. The lowest BCUT2D eigenvalue weighted by Gasteiger charge is -2.32. The molecule has 0 spiro atoms. The number of likely N-dealkylation sites (tertiary alicyclic amines) is 1. The topological polar surface area (TPSA) is 41.6 Å². The Morgan fingerprint density at radius 3 is 2.33 bits per heavy atom. The van der Waals surface area contributed by atoms with Crippen molar-refractivity contribution < 1.29 is 9.53 Å². The lowest BCUT2D eigenvalue weighted by atomic mass is 9.87. The number of piperidine rings is 1. The van der Waals surface area contributed by atoms with E-state index in [0.717, 1.165) is 38.2 Å². The summed E-state index contributed by atoms with van der Waals surface area (Å²) in [5, 5.41) is 3.13. The minimum atomic E-state index is -0.477. The Balaban J connectivity index is 1.83. The van der Waals surface area contributed by atoms with E-state index in [0.29, 0.717) is 0 Å². The normalized spacial score (nSPS) is 18.2. The Labute approximate surface area is 146 Å². The Bertz CT molecular complexity index is 526. The number of carbonyl (C=O) groups is 1. The summed E-state index contributed by atoms with van der Waals surface area (Å²) in [5.74, 6) is 0.719. The van der Waals surface area contributed by atoms with Gasteiger partial charge < -0.3 is 15.0 Å². The Morgan fingerprint density at radius 2 is 1.83 bits per heavy atom. The molecule has 134 valence electrons. The lowest BCUT2D eigenvalue weighted by molar-refractivity contribution is -0.128. The van der Waals surface area contributed by atoms with Crippen LogP contribution in [-0.4, -0.2) is 42.6 Å². The summed E-state index contributed by atoms with van der Waals surface area (Å²) in [6, 6.07) is 8.31. The fourth-order valence-electron chi connectivity index (χ4n) is 3.00. The Kier molecular flexibility index (Phi) is 6.27. The highest BCUT2D eigenvalue weighted by Gasteiger charge is 2.23. The molecule has 1 aliphatic heterocycles. The maximum absolute atomic E-state index is 12.3. The molecule has 0 aliphatic carbocycles. The van der Waals surface area contributed by atoms with Crippen molar-refractivity contribution in [3.63, 3.8) is 0 Å². The molecule has 0 unspecified atom stereocenters. The van der Waals surface area contributed by atoms with E-state index in [1.54, 1.807) is 0 Å². The van der Waals surface area contributed by atoms with Gasteiger partial charge >= 0.3 is 0 Å². The zero-order chi connectivity index (χ0) is 17.7. The molecule has 24 heavy (non-hydrogen) atoms. The number of nitrogens with one attached hydrogen (secondary N) is 1. The zero-order valence-electron chi connectivity index (χ0n) is 15.8. The maximum Gasteiger partial charge on any atom is 0.260 e. The molecular weight excluding hydrogens is 300 g/mol. The summed E-state index contributed by atoms with van der Waals surface area (Å²) < 4.78 is 5.81. The molecule has 0 aromatic heterocycles. The van der Waals surface area contributed by atoms with E-state index in [1.165, 1.54) is 5.56 Å². The van der Waals surface area contributed by atoms with E-state index in [-0.39, 0.29) is 17.4 Å². The number of nitrogens with zero attached hydrogens (tertiary/aromatic N) is 1. The fourth-order valence-corrected chi connectivity index (χ4v) is 3.00. The van der Waals surface area contributed by atoms with Crippen molar-refractivity contribution in [3.05, 3.63) is 29.8 Å². The van der Waals surface area contributed by atoms with Crippen molar-refractivity contribution in [2.75, 3.05) is 19.6 Å². The Morgan fingerprint density at radius 1 is 1.25 bits per heavy atom. The molecule has 0 bridgehead atoms. The van der Waals surface area contributed by atoms with Crippen LogP contribution in [0.1, 0.15) is 53.0 Å². The SMILES string of the molecule is CCN1CCC(NC(=O)[C@@H](C)Oc2ccc(C(C)(C)C)cc2)CC1. The number of hydrogen-bond donors (Lipinski definition) is 1. The largest absolute Gasteiger partial charge is 0.481 e. The van der Waals surface area contributed by atoms with Gasteiger partial charge in [0.25, 0.3) is 5.91 Å². The molecule has 4 heteroatoms. The van der Waals surface area contributed by atoms with Crippen LogP contribution in [0.4, 0.5) is 0 Å². The molecule has 1 N–H and O–H groups in total. The number of hydrogen-bond acceptors (Lipinski definition) is 3. The summed E-state index contributed by atoms with van der Waals surface area (Å²) in [7, 11) is 0. The van der Waals surface area contributed by atoms with E-state index < -0.39 is 6.10 Å². The van der Waals surface area contributed by atoms with Crippen LogP contribution >= 0.6 is 0 Å². The first kappa shape index (κ1) is 18.8. The van der Waals surface area contributed by atoms with Gasteiger partial charge in [0.05, 0.1) is 0 Å². The lowest BCUT2D eigenvalue weighted by Crippen LogP contribution is -2.48. The van der Waals surface area contributed by atoms with Gasteiger partial charge in [-0.3, -0.25) is 4.79 Å². The molecule has 1 aromatic carbocycles. The van der Waals surface area contributed by atoms with E-state index in [2.05, 4.69) is 50.0 Å². The van der Waals surface area contributed by atoms with Crippen molar-refractivity contribution in [2.45, 2.75) is 65.0 Å². The molecule has 1 aliphatic rings. The second-order valence-electron chi connectivity index (χ2n) is 7.75. The molecule has 4 nitrogen and oxygen atoms in total. The third-order valence-corrected chi connectivity index (χ3v) is 4.78. The third-order valence-electron chi connectivity index (χ3n) is 4.78. The van der Waals surface area contributed by atoms with E-state index in [4.69, 9.17) is 4.74 Å². The summed E-state index contributed by atoms with van der Waals surface area (Å²) >= 11 is 0. The number of amides is 1. The standard InChI is InChI=1S/C20H32N2O2/c1-6-22-13-11-17(12-14-22)21-19(23)15(2)24-18-9-7-16(8-10-18)20(3,4)5/h7-10,15,17H,6,11-14H2,1-5H3,(H,21,23)/t15-/m1/s1. The molecule has 1 saturated heterocycles. The first-order valence-corrected chi connectivity index (χ1v) is 9.09. The second-order valence-corrected chi connectivity index (χ2v) is 7.75. The molecule has 2 rings (SSSR count). The molecule has 1 heterocycles. The quantitative estimate of drug-likeness (QED) is 0.899. The summed E-state index contributed by atoms with van der Waals surface area (Å²) in [6.45, 7) is 13.8. The second kappa shape index (κ2) is 8.02. The van der Waals surface area contributed by atoms with Gasteiger partial charge in [-0.2, -0.15) is 0 Å². The van der Waals surface area contributed by atoms with Crippen LogP contribution in [0.15, 0.2) is 24.3 Å². The minimum absolute atomic E-state index is 0.0233. The van der Waals surface area contributed by atoms with Crippen LogP contribution in [0, 0.1) is 0 Å². The fraction of sp³-hybridized carbons (Fsp3) is 0.650. The summed E-state index contributed by atoms with van der Waals surface area (Å²) in [6.07, 6.45) is 1.56. The van der Waals surface area contributed by atoms with E-state index in [9.17, 15) is 4.79 Å². The molecule has 0 saturated carbocycles. The van der Waals surface area contributed by atoms with Gasteiger partial charge in [-0.25, -0.2) is 0 Å². The highest BCUT2D eigenvalue weighted by Crippen LogP contribution is 2.24. The van der Waals surface area contributed by atoms with Crippen molar-refractivity contribution in [1.29, 1.82) is 0 Å². The van der Waals surface area contributed by atoms with Crippen molar-refractivity contribution in [2.24, 2.45) is 0 Å². The summed E-state index contributed by atoms with van der Waals surface area (Å²) in [5.41, 5.74) is 1.38. The van der Waals surface area contributed by atoms with Crippen LogP contribution in [0.2, 0.25) is 0 Å². The minimum Gasteiger partial charge on any atom is -0.481 e. The maximum atomic E-state index is 12.3. The molecular formula is C20H32N2O2. The first-order chi connectivity index (χ1) is 11.3. The molecule has 0 radical (unpaired) electrons. The van der Waals surface area contributed by atoms with Gasteiger partial charge in [0, 0.05) is 19.1 Å². The van der Waals surface area contributed by atoms with Gasteiger partial charge in [-0.15, -0.1) is 0 Å². The monoisotopic (exact) mass is 332 g/mol. The predicted molar refractivity (Wildman–Crippen MR) is 98.5 cm³/mol. The number of carbonyl (C=O) groups excluding carboxylic acids is 1. The van der Waals surface area contributed by atoms with Gasteiger partial charge in [-0.1, -0.05) is 39.8 Å². The van der Waals surface area contributed by atoms with Gasteiger partial charge in [-0.05, 0) is 49.4 Å². The average Bonchev–Trinajstić information content (AvgIpc) is 2.55. The number of benzene rings is 1. The molecule has 1 atom stereocenters. The Hall–Kier alpha value is -1.55. The average molecular weight is 332 g/mol. The number of ether oxygens (including phenoxy) is 1. The van der Waals surface area contributed by atoms with Crippen molar-refractivity contribution >= 4 is 5.91 Å². The van der Waals surface area contributed by atoms with Crippen LogP contribution < -0.4 is 10.1 Å². The van der Waals surface area contributed by atoms with Gasteiger partial charge in [0.1, 0.15) is 5.75 Å². The molecule has 1 fully saturated rings. The number of rotatable bonds is 5. The van der Waals surface area contributed by atoms with Crippen molar-refractivity contribution in [3.8, 4) is 5.75 Å². The van der Waals surface area contributed by atoms with Crippen LogP contribution in [0.25, 0.3) is 0 Å². The van der Waals surface area contributed by atoms with E-state index >= 15 is 0 Å².